The zero-order valence-corrected chi connectivity index (χ0v) is 11.9. The second-order valence-corrected chi connectivity index (χ2v) is 6.56. The number of nitrogens with zero attached hydrogens (tertiary/aromatic N) is 4. The van der Waals surface area contributed by atoms with Gasteiger partial charge in [-0.1, -0.05) is 23.4 Å². The van der Waals surface area contributed by atoms with E-state index in [1.807, 2.05) is 0 Å². The van der Waals surface area contributed by atoms with Gasteiger partial charge >= 0.3 is 0 Å². The first-order chi connectivity index (χ1) is 10.0. The van der Waals surface area contributed by atoms with Gasteiger partial charge in [0.25, 0.3) is 0 Å². The van der Waals surface area contributed by atoms with E-state index >= 15 is 0 Å². The zero-order valence-electron chi connectivity index (χ0n) is 11.1. The molecule has 1 aliphatic rings. The second kappa shape index (κ2) is 5.38. The van der Waals surface area contributed by atoms with Gasteiger partial charge in [0.05, 0.1) is 25.0 Å². The first kappa shape index (κ1) is 13.9. The van der Waals surface area contributed by atoms with Crippen molar-refractivity contribution in [2.24, 2.45) is 0 Å². The van der Waals surface area contributed by atoms with E-state index in [0.717, 1.165) is 5.56 Å². The Hall–Kier alpha value is -2.06. The predicted molar refractivity (Wildman–Crippen MR) is 74.0 cm³/mol. The molecule has 0 amide bonds. The summed E-state index contributed by atoms with van der Waals surface area (Å²) in [5.41, 5.74) is 1.47. The molecule has 1 aromatic carbocycles. The van der Waals surface area contributed by atoms with Gasteiger partial charge in [0.2, 0.25) is 10.0 Å². The molecule has 0 saturated heterocycles. The minimum atomic E-state index is -3.31. The first-order valence-electron chi connectivity index (χ1n) is 6.33. The average molecular weight is 308 g/mol. The van der Waals surface area contributed by atoms with E-state index in [9.17, 15) is 12.8 Å². The number of rotatable bonds is 4. The summed E-state index contributed by atoms with van der Waals surface area (Å²) in [6.07, 6.45) is 3.29. The van der Waals surface area contributed by atoms with Gasteiger partial charge in [0.15, 0.2) is 0 Å². The maximum absolute atomic E-state index is 12.8. The summed E-state index contributed by atoms with van der Waals surface area (Å²) in [5.74, 6) is -0.287. The van der Waals surface area contributed by atoms with Gasteiger partial charge < -0.3 is 0 Å². The van der Waals surface area contributed by atoms with Crippen LogP contribution in [0, 0.1) is 5.82 Å². The standard InChI is InChI=1S/C13H13FN4O2S/c14-12-4-2-11(3-5-12)8-17-9-13(15-16-17)10-18-6-1-7-21(18,19)20/h1-5,7,9H,6,8,10H2. The Morgan fingerprint density at radius 1 is 1.19 bits per heavy atom. The molecule has 0 radical (unpaired) electrons. The number of benzene rings is 1. The largest absolute Gasteiger partial charge is 0.248 e. The summed E-state index contributed by atoms with van der Waals surface area (Å²) in [6, 6.07) is 6.11. The first-order valence-corrected chi connectivity index (χ1v) is 7.83. The van der Waals surface area contributed by atoms with Gasteiger partial charge in [-0.15, -0.1) is 5.10 Å². The molecule has 1 aliphatic heterocycles. The molecule has 2 aromatic rings. The van der Waals surface area contributed by atoms with Crippen LogP contribution in [0.1, 0.15) is 11.3 Å². The molecule has 0 aliphatic carbocycles. The SMILES string of the molecule is O=S1(=O)C=CCN1Cc1cn(Cc2ccc(F)cc2)nn1. The molecule has 2 heterocycles. The van der Waals surface area contributed by atoms with E-state index in [1.165, 1.54) is 21.8 Å². The van der Waals surface area contributed by atoms with E-state index < -0.39 is 10.0 Å². The van der Waals surface area contributed by atoms with Crippen LogP contribution in [0.3, 0.4) is 0 Å². The Morgan fingerprint density at radius 2 is 1.95 bits per heavy atom. The molecule has 21 heavy (non-hydrogen) atoms. The van der Waals surface area contributed by atoms with Crippen LogP contribution in [0.25, 0.3) is 0 Å². The number of halogens is 1. The maximum Gasteiger partial charge on any atom is 0.236 e. The van der Waals surface area contributed by atoms with Crippen molar-refractivity contribution in [3.63, 3.8) is 0 Å². The van der Waals surface area contributed by atoms with Crippen LogP contribution < -0.4 is 0 Å². The molecule has 110 valence electrons. The Bertz CT molecular complexity index is 768. The zero-order chi connectivity index (χ0) is 14.9. The lowest BCUT2D eigenvalue weighted by atomic mass is 10.2. The lowest BCUT2D eigenvalue weighted by molar-refractivity contribution is 0.449. The summed E-state index contributed by atoms with van der Waals surface area (Å²) in [4.78, 5) is 0. The normalized spacial score (nSPS) is 17.4. The van der Waals surface area contributed by atoms with E-state index in [0.29, 0.717) is 18.8 Å². The van der Waals surface area contributed by atoms with Crippen LogP contribution in [-0.4, -0.2) is 34.3 Å². The number of hydrogen-bond donors (Lipinski definition) is 0. The van der Waals surface area contributed by atoms with Crippen molar-refractivity contribution in [1.29, 1.82) is 0 Å². The third-order valence-corrected chi connectivity index (χ3v) is 4.65. The molecule has 0 fully saturated rings. The van der Waals surface area contributed by atoms with Gasteiger partial charge in [0.1, 0.15) is 5.82 Å². The third-order valence-electron chi connectivity index (χ3n) is 3.12. The van der Waals surface area contributed by atoms with Gasteiger partial charge in [-0.3, -0.25) is 0 Å². The minimum Gasteiger partial charge on any atom is -0.248 e. The Kier molecular flexibility index (Phi) is 3.56. The predicted octanol–water partition coefficient (Wildman–Crippen LogP) is 1.12. The molecular formula is C13H13FN4O2S. The van der Waals surface area contributed by atoms with Crippen molar-refractivity contribution < 1.29 is 12.8 Å². The molecule has 0 spiro atoms. The fourth-order valence-electron chi connectivity index (χ4n) is 2.07. The lowest BCUT2D eigenvalue weighted by Gasteiger charge is -2.11. The molecule has 1 aromatic heterocycles. The summed E-state index contributed by atoms with van der Waals surface area (Å²) >= 11 is 0. The third kappa shape index (κ3) is 3.17. The van der Waals surface area contributed by atoms with Gasteiger partial charge in [0, 0.05) is 12.0 Å². The number of sulfonamides is 1. The van der Waals surface area contributed by atoms with Crippen molar-refractivity contribution in [3.8, 4) is 0 Å². The monoisotopic (exact) mass is 308 g/mol. The van der Waals surface area contributed by atoms with Crippen molar-refractivity contribution in [2.45, 2.75) is 13.1 Å². The molecule has 0 unspecified atom stereocenters. The fourth-order valence-corrected chi connectivity index (χ4v) is 3.18. The summed E-state index contributed by atoms with van der Waals surface area (Å²) in [7, 11) is -3.31. The summed E-state index contributed by atoms with van der Waals surface area (Å²) < 4.78 is 39.0. The van der Waals surface area contributed by atoms with Crippen LogP contribution in [0.15, 0.2) is 41.9 Å². The van der Waals surface area contributed by atoms with E-state index in [4.69, 9.17) is 0 Å². The van der Waals surface area contributed by atoms with E-state index in [1.54, 1.807) is 29.1 Å². The van der Waals surface area contributed by atoms with Gasteiger partial charge in [-0.2, -0.15) is 4.31 Å². The number of aromatic nitrogens is 3. The van der Waals surface area contributed by atoms with Crippen LogP contribution in [0.5, 0.6) is 0 Å². The van der Waals surface area contributed by atoms with Gasteiger partial charge in [-0.05, 0) is 17.7 Å². The summed E-state index contributed by atoms with van der Waals surface area (Å²) in [6.45, 7) is 1.00. The molecule has 6 nitrogen and oxygen atoms in total. The van der Waals surface area contributed by atoms with Crippen molar-refractivity contribution in [1.82, 2.24) is 19.3 Å². The van der Waals surface area contributed by atoms with E-state index in [-0.39, 0.29) is 12.4 Å². The molecular weight excluding hydrogens is 295 g/mol. The second-order valence-electron chi connectivity index (χ2n) is 4.74. The molecule has 8 heteroatoms. The molecule has 0 N–H and O–H groups in total. The topological polar surface area (TPSA) is 68.1 Å². The molecule has 0 bridgehead atoms. The minimum absolute atomic E-state index is 0.193. The molecule has 0 atom stereocenters. The average Bonchev–Trinajstić information content (AvgIpc) is 3.00. The highest BCUT2D eigenvalue weighted by molar-refractivity contribution is 7.92. The smallest absolute Gasteiger partial charge is 0.236 e. The number of hydrogen-bond acceptors (Lipinski definition) is 4. The van der Waals surface area contributed by atoms with Crippen molar-refractivity contribution in [3.05, 3.63) is 59.0 Å². The highest BCUT2D eigenvalue weighted by Crippen LogP contribution is 2.14. The molecule has 3 rings (SSSR count). The Labute approximate surface area is 121 Å². The Balaban J connectivity index is 1.68. The highest BCUT2D eigenvalue weighted by atomic mass is 32.2. The fraction of sp³-hybridized carbons (Fsp3) is 0.231. The van der Waals surface area contributed by atoms with E-state index in [2.05, 4.69) is 10.3 Å². The van der Waals surface area contributed by atoms with Crippen LogP contribution >= 0.6 is 0 Å². The van der Waals surface area contributed by atoms with Crippen LogP contribution in [-0.2, 0) is 23.1 Å². The highest BCUT2D eigenvalue weighted by Gasteiger charge is 2.23. The summed E-state index contributed by atoms with van der Waals surface area (Å²) in [5, 5.41) is 9.11. The van der Waals surface area contributed by atoms with Crippen molar-refractivity contribution in [2.75, 3.05) is 6.54 Å². The Morgan fingerprint density at radius 3 is 2.62 bits per heavy atom. The molecule has 0 saturated carbocycles. The van der Waals surface area contributed by atoms with Crippen molar-refractivity contribution >= 4 is 10.0 Å². The maximum atomic E-state index is 12.8. The van der Waals surface area contributed by atoms with Crippen LogP contribution in [0.4, 0.5) is 4.39 Å². The van der Waals surface area contributed by atoms with Gasteiger partial charge in [-0.25, -0.2) is 17.5 Å². The van der Waals surface area contributed by atoms with Crippen LogP contribution in [0.2, 0.25) is 0 Å². The quantitative estimate of drug-likeness (QED) is 0.849. The lowest BCUT2D eigenvalue weighted by Crippen LogP contribution is -2.24.